The highest BCUT2D eigenvalue weighted by atomic mass is 32.2. The van der Waals surface area contributed by atoms with Crippen molar-refractivity contribution in [2.24, 2.45) is 5.14 Å². The third-order valence-electron chi connectivity index (χ3n) is 3.74. The topological polar surface area (TPSA) is 94.3 Å². The van der Waals surface area contributed by atoms with Crippen LogP contribution in [0.4, 0.5) is 5.69 Å². The number of hydrogen-bond acceptors (Lipinski definition) is 5. The lowest BCUT2D eigenvalue weighted by Crippen LogP contribution is -2.12. The number of hydrogen-bond donors (Lipinski definition) is 2. The maximum atomic E-state index is 11.5. The van der Waals surface area contributed by atoms with E-state index in [-0.39, 0.29) is 4.90 Å². The van der Waals surface area contributed by atoms with E-state index in [9.17, 15) is 8.42 Å². The molecule has 6 nitrogen and oxygen atoms in total. The molecule has 1 heterocycles. The van der Waals surface area contributed by atoms with E-state index in [1.807, 2.05) is 36.4 Å². The molecule has 0 fully saturated rings. The molecule has 134 valence electrons. The summed E-state index contributed by atoms with van der Waals surface area (Å²) in [7, 11) is -3.73. The molecule has 0 aliphatic rings. The lowest BCUT2D eigenvalue weighted by atomic mass is 10.2. The molecule has 0 unspecified atom stereocenters. The van der Waals surface area contributed by atoms with Gasteiger partial charge in [0.15, 0.2) is 0 Å². The smallest absolute Gasteiger partial charge is 0.238 e. The van der Waals surface area contributed by atoms with Gasteiger partial charge in [0.2, 0.25) is 10.0 Å². The van der Waals surface area contributed by atoms with E-state index in [1.165, 1.54) is 12.1 Å². The molecule has 0 amide bonds. The summed E-state index contributed by atoms with van der Waals surface area (Å²) in [5, 5.41) is 8.37. The van der Waals surface area contributed by atoms with E-state index in [0.717, 1.165) is 16.9 Å². The number of para-hydroxylation sites is 1. The normalized spacial score (nSPS) is 11.1. The van der Waals surface area contributed by atoms with Crippen LogP contribution in [0.25, 0.3) is 0 Å². The van der Waals surface area contributed by atoms with Gasteiger partial charge in [0.25, 0.3) is 0 Å². The van der Waals surface area contributed by atoms with E-state index in [0.29, 0.717) is 18.8 Å². The maximum Gasteiger partial charge on any atom is 0.238 e. The molecule has 0 atom stereocenters. The molecule has 0 saturated heterocycles. The minimum atomic E-state index is -3.73. The Morgan fingerprint density at radius 2 is 1.88 bits per heavy atom. The molecule has 0 spiro atoms. The second-order valence-corrected chi connectivity index (χ2v) is 7.25. The third-order valence-corrected chi connectivity index (χ3v) is 4.65. The van der Waals surface area contributed by atoms with Crippen molar-refractivity contribution in [2.45, 2.75) is 18.0 Å². The first-order valence-corrected chi connectivity index (χ1v) is 9.53. The second-order valence-electron chi connectivity index (χ2n) is 5.68. The summed E-state index contributed by atoms with van der Waals surface area (Å²) in [5.74, 6) is 0.756. The van der Waals surface area contributed by atoms with Crippen molar-refractivity contribution < 1.29 is 13.2 Å². The SMILES string of the molecule is NS(=O)(=O)c1cccc(NCc2ccccc2OCc2cccnc2)c1. The summed E-state index contributed by atoms with van der Waals surface area (Å²) in [5.41, 5.74) is 2.60. The highest BCUT2D eigenvalue weighted by Gasteiger charge is 2.08. The van der Waals surface area contributed by atoms with Gasteiger partial charge >= 0.3 is 0 Å². The first kappa shape index (κ1) is 17.9. The molecule has 0 aliphatic carbocycles. The third kappa shape index (κ3) is 4.81. The quantitative estimate of drug-likeness (QED) is 0.668. The summed E-state index contributed by atoms with van der Waals surface area (Å²) in [6.45, 7) is 0.906. The highest BCUT2D eigenvalue weighted by molar-refractivity contribution is 7.89. The Kier molecular flexibility index (Phi) is 5.50. The maximum absolute atomic E-state index is 11.5. The first-order valence-electron chi connectivity index (χ1n) is 7.99. The van der Waals surface area contributed by atoms with Gasteiger partial charge in [-0.1, -0.05) is 30.3 Å². The highest BCUT2D eigenvalue weighted by Crippen LogP contribution is 2.21. The zero-order chi connectivity index (χ0) is 18.4. The van der Waals surface area contributed by atoms with Crippen LogP contribution in [0.15, 0.2) is 78.0 Å². The van der Waals surface area contributed by atoms with Crippen molar-refractivity contribution >= 4 is 15.7 Å². The minimum absolute atomic E-state index is 0.0728. The number of nitrogens with two attached hydrogens (primary N) is 1. The van der Waals surface area contributed by atoms with Gasteiger partial charge in [-0.15, -0.1) is 0 Å². The van der Waals surface area contributed by atoms with Gasteiger partial charge in [-0.25, -0.2) is 13.6 Å². The number of nitrogens with zero attached hydrogens (tertiary/aromatic N) is 1. The van der Waals surface area contributed by atoms with Crippen LogP contribution in [-0.2, 0) is 23.2 Å². The number of primary sulfonamides is 1. The lowest BCUT2D eigenvalue weighted by molar-refractivity contribution is 0.303. The van der Waals surface area contributed by atoms with Crippen LogP contribution in [0.3, 0.4) is 0 Å². The van der Waals surface area contributed by atoms with Gasteiger partial charge in [-0.05, 0) is 30.3 Å². The number of nitrogens with one attached hydrogen (secondary N) is 1. The molecule has 3 rings (SSSR count). The van der Waals surface area contributed by atoms with Crippen LogP contribution in [0.1, 0.15) is 11.1 Å². The molecule has 0 saturated carbocycles. The predicted octanol–water partition coefficient (Wildman–Crippen LogP) is 2.92. The molecule has 0 bridgehead atoms. The average Bonchev–Trinajstić information content (AvgIpc) is 2.66. The molecule has 7 heteroatoms. The van der Waals surface area contributed by atoms with Gasteiger partial charge in [-0.2, -0.15) is 0 Å². The van der Waals surface area contributed by atoms with E-state index in [1.54, 1.807) is 24.5 Å². The summed E-state index contributed by atoms with van der Waals surface area (Å²) in [4.78, 5) is 4.14. The van der Waals surface area contributed by atoms with Crippen molar-refractivity contribution in [2.75, 3.05) is 5.32 Å². The van der Waals surface area contributed by atoms with Crippen LogP contribution in [-0.4, -0.2) is 13.4 Å². The number of aromatic nitrogens is 1. The lowest BCUT2D eigenvalue weighted by Gasteiger charge is -2.13. The van der Waals surface area contributed by atoms with Gasteiger partial charge < -0.3 is 10.1 Å². The molecule has 0 aliphatic heterocycles. The fourth-order valence-electron chi connectivity index (χ4n) is 2.42. The van der Waals surface area contributed by atoms with Crippen LogP contribution in [0.5, 0.6) is 5.75 Å². The minimum Gasteiger partial charge on any atom is -0.488 e. The van der Waals surface area contributed by atoms with Crippen molar-refractivity contribution in [1.82, 2.24) is 4.98 Å². The predicted molar refractivity (Wildman–Crippen MR) is 100 cm³/mol. The average molecular weight is 369 g/mol. The Morgan fingerprint density at radius 3 is 2.65 bits per heavy atom. The van der Waals surface area contributed by atoms with E-state index < -0.39 is 10.0 Å². The van der Waals surface area contributed by atoms with Gasteiger partial charge in [0, 0.05) is 35.8 Å². The van der Waals surface area contributed by atoms with Crippen molar-refractivity contribution in [3.05, 3.63) is 84.2 Å². The Labute approximate surface area is 152 Å². The fraction of sp³-hybridized carbons (Fsp3) is 0.105. The zero-order valence-electron chi connectivity index (χ0n) is 14.0. The van der Waals surface area contributed by atoms with E-state index >= 15 is 0 Å². The summed E-state index contributed by atoms with van der Waals surface area (Å²) >= 11 is 0. The Balaban J connectivity index is 1.69. The molecule has 26 heavy (non-hydrogen) atoms. The largest absolute Gasteiger partial charge is 0.488 e. The molecule has 3 aromatic rings. The first-order chi connectivity index (χ1) is 12.5. The Morgan fingerprint density at radius 1 is 1.04 bits per heavy atom. The molecule has 1 aromatic heterocycles. The zero-order valence-corrected chi connectivity index (χ0v) is 14.8. The van der Waals surface area contributed by atoms with E-state index in [4.69, 9.17) is 9.88 Å². The van der Waals surface area contributed by atoms with Crippen LogP contribution < -0.4 is 15.2 Å². The summed E-state index contributed by atoms with van der Waals surface area (Å²) in [6.07, 6.45) is 3.48. The molecule has 2 aromatic carbocycles. The van der Waals surface area contributed by atoms with Gasteiger partial charge in [0.1, 0.15) is 12.4 Å². The van der Waals surface area contributed by atoms with Crippen LogP contribution in [0.2, 0.25) is 0 Å². The number of ether oxygens (including phenoxy) is 1. The summed E-state index contributed by atoms with van der Waals surface area (Å²) in [6, 6.07) is 17.9. The second kappa shape index (κ2) is 7.99. The van der Waals surface area contributed by atoms with Crippen molar-refractivity contribution in [3.8, 4) is 5.75 Å². The molecule has 3 N–H and O–H groups in total. The van der Waals surface area contributed by atoms with Crippen molar-refractivity contribution in [3.63, 3.8) is 0 Å². The Bertz CT molecular complexity index is 976. The number of anilines is 1. The Hall–Kier alpha value is -2.90. The van der Waals surface area contributed by atoms with Crippen molar-refractivity contribution in [1.29, 1.82) is 0 Å². The molecular weight excluding hydrogens is 350 g/mol. The number of rotatable bonds is 7. The number of sulfonamides is 1. The summed E-state index contributed by atoms with van der Waals surface area (Å²) < 4.78 is 28.8. The molecular formula is C19H19N3O3S. The molecule has 0 radical (unpaired) electrons. The van der Waals surface area contributed by atoms with Crippen LogP contribution in [0, 0.1) is 0 Å². The standard InChI is InChI=1S/C19H19N3O3S/c20-26(23,24)18-8-3-7-17(11-18)22-13-16-6-1-2-9-19(16)25-14-15-5-4-10-21-12-15/h1-12,22H,13-14H2,(H2,20,23,24). The fourth-order valence-corrected chi connectivity index (χ4v) is 2.98. The number of pyridine rings is 1. The van der Waals surface area contributed by atoms with Gasteiger partial charge in [-0.3, -0.25) is 4.98 Å². The van der Waals surface area contributed by atoms with Gasteiger partial charge in [0.05, 0.1) is 4.90 Å². The monoisotopic (exact) mass is 369 g/mol. The van der Waals surface area contributed by atoms with E-state index in [2.05, 4.69) is 10.3 Å². The number of benzene rings is 2. The van der Waals surface area contributed by atoms with Crippen LogP contribution >= 0.6 is 0 Å².